The van der Waals surface area contributed by atoms with Crippen molar-refractivity contribution in [2.45, 2.75) is 44.8 Å². The first-order valence-electron chi connectivity index (χ1n) is 7.98. The molecular weight excluding hydrogens is 361 g/mol. The lowest BCUT2D eigenvalue weighted by Crippen LogP contribution is -2.33. The Morgan fingerprint density at radius 1 is 1.35 bits per heavy atom. The van der Waals surface area contributed by atoms with E-state index in [-0.39, 0.29) is 31.1 Å². The Bertz CT molecular complexity index is 853. The molecule has 11 heteroatoms. The van der Waals surface area contributed by atoms with Crippen molar-refractivity contribution >= 4 is 24.8 Å². The van der Waals surface area contributed by atoms with Gasteiger partial charge in [0.2, 0.25) is 0 Å². The van der Waals surface area contributed by atoms with Gasteiger partial charge in [-0.3, -0.25) is 18.1 Å². The second kappa shape index (κ2) is 7.31. The Labute approximate surface area is 150 Å². The molecule has 4 unspecified atom stereocenters. The average Bonchev–Trinajstić information content (AvgIpc) is 3.19. The number of phosphoric acid groups is 1. The van der Waals surface area contributed by atoms with Crippen molar-refractivity contribution in [3.05, 3.63) is 12.7 Å². The summed E-state index contributed by atoms with van der Waals surface area (Å²) in [6, 6.07) is 0. The first-order chi connectivity index (χ1) is 12.5. The number of fused-ring (bicyclic) bond motifs is 2. The zero-order valence-corrected chi connectivity index (χ0v) is 15.3. The molecule has 0 aliphatic carbocycles. The molecule has 0 saturated carbocycles. The zero-order valence-electron chi connectivity index (χ0n) is 14.4. The van der Waals surface area contributed by atoms with Crippen molar-refractivity contribution in [3.63, 3.8) is 0 Å². The standard InChI is InChI=1S/C13H18N5O5P.C2H2/c1-7(2)22-24(19)20-4-9-8(23-24)3-10(21-9)18-6-17-11-12(14)15-5-16-13(11)18;1-2/h5-10H,3-4H2,1-2H3,(H2,14,15,16);1-2H. The highest BCUT2D eigenvalue weighted by atomic mass is 31.2. The molecule has 2 aromatic rings. The maximum Gasteiger partial charge on any atom is 0.475 e. The van der Waals surface area contributed by atoms with E-state index in [0.717, 1.165) is 0 Å². The lowest BCUT2D eigenvalue weighted by Gasteiger charge is -2.30. The lowest BCUT2D eigenvalue weighted by atomic mass is 10.2. The predicted octanol–water partition coefficient (Wildman–Crippen LogP) is 1.89. The van der Waals surface area contributed by atoms with Crippen LogP contribution in [0, 0.1) is 12.8 Å². The molecule has 140 valence electrons. The van der Waals surface area contributed by atoms with Crippen LogP contribution in [0.1, 0.15) is 26.5 Å². The van der Waals surface area contributed by atoms with Gasteiger partial charge in [-0.1, -0.05) is 0 Å². The number of rotatable bonds is 3. The molecule has 0 spiro atoms. The summed E-state index contributed by atoms with van der Waals surface area (Å²) in [5.74, 6) is 0.309. The number of nitrogen functional groups attached to an aromatic ring is 1. The summed E-state index contributed by atoms with van der Waals surface area (Å²) in [7, 11) is -3.55. The Morgan fingerprint density at radius 3 is 2.85 bits per heavy atom. The molecule has 26 heavy (non-hydrogen) atoms. The molecule has 0 bridgehead atoms. The van der Waals surface area contributed by atoms with Crippen molar-refractivity contribution in [3.8, 4) is 12.8 Å². The number of ether oxygens (including phenoxy) is 1. The highest BCUT2D eigenvalue weighted by Crippen LogP contribution is 2.57. The molecule has 2 fully saturated rings. The van der Waals surface area contributed by atoms with E-state index in [1.165, 1.54) is 6.33 Å². The minimum Gasteiger partial charge on any atom is -0.382 e. The molecule has 4 heterocycles. The van der Waals surface area contributed by atoms with Crippen molar-refractivity contribution in [1.82, 2.24) is 19.5 Å². The first-order valence-corrected chi connectivity index (χ1v) is 9.44. The minimum absolute atomic E-state index is 0.148. The van der Waals surface area contributed by atoms with Gasteiger partial charge in [-0.15, -0.1) is 12.8 Å². The normalized spacial score (nSPS) is 30.7. The quantitative estimate of drug-likeness (QED) is 0.627. The number of imidazole rings is 1. The van der Waals surface area contributed by atoms with E-state index in [2.05, 4.69) is 27.8 Å². The van der Waals surface area contributed by atoms with Crippen LogP contribution < -0.4 is 5.73 Å². The van der Waals surface area contributed by atoms with Crippen LogP contribution in [0.2, 0.25) is 0 Å². The molecule has 2 aromatic heterocycles. The molecule has 4 rings (SSSR count). The Balaban J connectivity index is 0.000000948. The fourth-order valence-electron chi connectivity index (χ4n) is 2.89. The number of nitrogens with two attached hydrogens (primary N) is 1. The van der Waals surface area contributed by atoms with E-state index in [9.17, 15) is 4.57 Å². The summed E-state index contributed by atoms with van der Waals surface area (Å²) >= 11 is 0. The van der Waals surface area contributed by atoms with Gasteiger partial charge in [-0.05, 0) is 13.8 Å². The summed E-state index contributed by atoms with van der Waals surface area (Å²) in [6.45, 7) is 3.69. The zero-order chi connectivity index (χ0) is 18.9. The van der Waals surface area contributed by atoms with Gasteiger partial charge in [0.1, 0.15) is 30.3 Å². The summed E-state index contributed by atoms with van der Waals surface area (Å²) < 4.78 is 36.3. The predicted molar refractivity (Wildman–Crippen MR) is 92.8 cm³/mol. The molecule has 2 saturated heterocycles. The maximum atomic E-state index is 12.5. The number of hydrogen-bond acceptors (Lipinski definition) is 9. The molecule has 0 radical (unpaired) electrons. The molecular formula is C15H20N5O5P. The van der Waals surface area contributed by atoms with E-state index in [1.807, 2.05) is 0 Å². The van der Waals surface area contributed by atoms with Crippen molar-refractivity contribution in [1.29, 1.82) is 0 Å². The molecule has 4 atom stereocenters. The monoisotopic (exact) mass is 381 g/mol. The maximum absolute atomic E-state index is 12.5. The third kappa shape index (κ3) is 3.45. The molecule has 0 amide bonds. The van der Waals surface area contributed by atoms with E-state index in [0.29, 0.717) is 23.4 Å². The van der Waals surface area contributed by atoms with Gasteiger partial charge in [0, 0.05) is 6.42 Å². The van der Waals surface area contributed by atoms with Crippen molar-refractivity contribution < 1.29 is 22.9 Å². The molecule has 2 aliphatic heterocycles. The molecule has 10 nitrogen and oxygen atoms in total. The van der Waals surface area contributed by atoms with Crippen LogP contribution in [0.4, 0.5) is 5.82 Å². The van der Waals surface area contributed by atoms with Crippen LogP contribution in [-0.4, -0.2) is 44.4 Å². The summed E-state index contributed by atoms with van der Waals surface area (Å²) in [4.78, 5) is 12.4. The lowest BCUT2D eigenvalue weighted by molar-refractivity contribution is -0.0733. The largest absolute Gasteiger partial charge is 0.475 e. The number of anilines is 1. The highest BCUT2D eigenvalue weighted by Gasteiger charge is 2.48. The number of aromatic nitrogens is 4. The first kappa shape index (κ1) is 18.8. The summed E-state index contributed by atoms with van der Waals surface area (Å²) in [6.07, 6.45) is 10.1. The summed E-state index contributed by atoms with van der Waals surface area (Å²) in [5.41, 5.74) is 6.89. The SMILES string of the molecule is C#C.CC(C)OP1(=O)OCC2OC(n3cnc4c(N)ncnc43)CC2O1. The Hall–Kier alpha value is -2.02. The molecule has 0 aromatic carbocycles. The minimum atomic E-state index is -3.55. The van der Waals surface area contributed by atoms with Crippen molar-refractivity contribution in [2.24, 2.45) is 0 Å². The van der Waals surface area contributed by atoms with E-state index >= 15 is 0 Å². The van der Waals surface area contributed by atoms with Gasteiger partial charge in [0.25, 0.3) is 0 Å². The van der Waals surface area contributed by atoms with E-state index < -0.39 is 7.82 Å². The van der Waals surface area contributed by atoms with Gasteiger partial charge in [-0.2, -0.15) is 0 Å². The Kier molecular flexibility index (Phi) is 5.27. The van der Waals surface area contributed by atoms with Gasteiger partial charge in [-0.25, -0.2) is 19.5 Å². The number of nitrogens with zero attached hydrogens (tertiary/aromatic N) is 4. The third-order valence-corrected chi connectivity index (χ3v) is 5.55. The fraction of sp³-hybridized carbons (Fsp3) is 0.533. The highest BCUT2D eigenvalue weighted by molar-refractivity contribution is 7.48. The van der Waals surface area contributed by atoms with Gasteiger partial charge >= 0.3 is 7.82 Å². The van der Waals surface area contributed by atoms with Crippen LogP contribution in [0.15, 0.2) is 12.7 Å². The number of phosphoric ester groups is 1. The molecule has 2 N–H and O–H groups in total. The summed E-state index contributed by atoms with van der Waals surface area (Å²) in [5, 5.41) is 0. The topological polar surface area (TPSA) is 124 Å². The van der Waals surface area contributed by atoms with Crippen LogP contribution in [-0.2, 0) is 22.9 Å². The third-order valence-electron chi connectivity index (χ3n) is 3.88. The fourth-order valence-corrected chi connectivity index (χ4v) is 4.46. The molecule has 2 aliphatic rings. The van der Waals surface area contributed by atoms with Crippen LogP contribution in [0.25, 0.3) is 11.2 Å². The van der Waals surface area contributed by atoms with Gasteiger partial charge in [0.15, 0.2) is 11.5 Å². The van der Waals surface area contributed by atoms with Gasteiger partial charge in [0.05, 0.1) is 19.0 Å². The van der Waals surface area contributed by atoms with Crippen LogP contribution in [0.5, 0.6) is 0 Å². The number of terminal acetylenes is 1. The van der Waals surface area contributed by atoms with Crippen molar-refractivity contribution in [2.75, 3.05) is 12.3 Å². The second-order valence-corrected chi connectivity index (χ2v) is 7.56. The second-order valence-electron chi connectivity index (χ2n) is 5.99. The van der Waals surface area contributed by atoms with Crippen LogP contribution >= 0.6 is 7.82 Å². The average molecular weight is 381 g/mol. The smallest absolute Gasteiger partial charge is 0.382 e. The van der Waals surface area contributed by atoms with Gasteiger partial charge < -0.3 is 10.5 Å². The van der Waals surface area contributed by atoms with Crippen LogP contribution in [0.3, 0.4) is 0 Å². The van der Waals surface area contributed by atoms with E-state index in [4.69, 9.17) is 24.0 Å². The van der Waals surface area contributed by atoms with E-state index in [1.54, 1.807) is 24.7 Å². The Morgan fingerprint density at radius 2 is 2.12 bits per heavy atom. The number of hydrogen-bond donors (Lipinski definition) is 1.